The van der Waals surface area contributed by atoms with Crippen LogP contribution in [0.3, 0.4) is 0 Å². The molecule has 0 atom stereocenters. The molecule has 0 N–H and O–H groups in total. The zero-order valence-electron chi connectivity index (χ0n) is 11.2. The predicted molar refractivity (Wildman–Crippen MR) is 76.0 cm³/mol. The van der Waals surface area contributed by atoms with Crippen molar-refractivity contribution >= 4 is 22.5 Å². The Morgan fingerprint density at radius 3 is 2.00 bits per heavy atom. The summed E-state index contributed by atoms with van der Waals surface area (Å²) in [6.45, 7) is 10.1. The lowest BCUT2D eigenvalue weighted by atomic mass is 10.1. The van der Waals surface area contributed by atoms with Crippen LogP contribution in [0.25, 0.3) is 0 Å². The number of halogens is 1. The molecule has 0 aliphatic rings. The van der Waals surface area contributed by atoms with Gasteiger partial charge in [-0.3, -0.25) is 0 Å². The maximum absolute atomic E-state index is 5.73. The van der Waals surface area contributed by atoms with Crippen LogP contribution in [-0.4, -0.2) is 20.4 Å². The number of hydrogen-bond donors (Lipinski definition) is 0. The van der Waals surface area contributed by atoms with Gasteiger partial charge in [-0.15, -0.1) is 0 Å². The summed E-state index contributed by atoms with van der Waals surface area (Å²) in [4.78, 5) is 0. The second kappa shape index (κ2) is 9.63. The number of rotatable bonds is 10. The van der Waals surface area contributed by atoms with Gasteiger partial charge in [0.25, 0.3) is 0 Å². The largest absolute Gasteiger partial charge is 0.414 e. The Kier molecular flexibility index (Phi) is 10.00. The highest BCUT2D eigenvalue weighted by Gasteiger charge is 2.33. The van der Waals surface area contributed by atoms with E-state index >= 15 is 0 Å². The molecular weight excluding hydrogens is 284 g/mol. The predicted octanol–water partition coefficient (Wildman–Crippen LogP) is 4.61. The molecule has 2 nitrogen and oxygen atoms in total. The summed E-state index contributed by atoms with van der Waals surface area (Å²) in [6.07, 6.45) is 5.16. The van der Waals surface area contributed by atoms with E-state index in [1.165, 1.54) is 25.7 Å². The lowest BCUT2D eigenvalue weighted by Crippen LogP contribution is -2.35. The molecular formula is C12H27BrO2Si. The van der Waals surface area contributed by atoms with Gasteiger partial charge < -0.3 is 8.85 Å². The first-order valence-corrected chi connectivity index (χ1v) is 10.8. The summed E-state index contributed by atoms with van der Waals surface area (Å²) in [5.41, 5.74) is 0. The van der Waals surface area contributed by atoms with Crippen molar-refractivity contribution in [3.8, 4) is 0 Å². The smallest absolute Gasteiger partial charge is 0.387 e. The zero-order valence-corrected chi connectivity index (χ0v) is 13.8. The van der Waals surface area contributed by atoms with Gasteiger partial charge in [0.15, 0.2) is 0 Å². The van der Waals surface area contributed by atoms with E-state index in [9.17, 15) is 0 Å². The fourth-order valence-electron chi connectivity index (χ4n) is 1.68. The van der Waals surface area contributed by atoms with Crippen LogP contribution in [0.1, 0.15) is 53.4 Å². The van der Waals surface area contributed by atoms with Gasteiger partial charge in [-0.1, -0.05) is 54.8 Å². The standard InChI is InChI=1S/C12H27BrO2Si/c1-5-14-16(13,15-6-2)11-9-7-8-10-12(3)4/h12H,5-11H2,1-4H3. The lowest BCUT2D eigenvalue weighted by Gasteiger charge is -2.23. The molecule has 0 aliphatic heterocycles. The topological polar surface area (TPSA) is 18.5 Å². The van der Waals surface area contributed by atoms with E-state index in [0.717, 1.165) is 25.2 Å². The molecule has 4 heteroatoms. The van der Waals surface area contributed by atoms with Crippen LogP contribution in [0.4, 0.5) is 0 Å². The van der Waals surface area contributed by atoms with Gasteiger partial charge in [0.1, 0.15) is 0 Å². The lowest BCUT2D eigenvalue weighted by molar-refractivity contribution is 0.206. The van der Waals surface area contributed by atoms with Crippen LogP contribution >= 0.6 is 15.3 Å². The minimum Gasteiger partial charge on any atom is -0.387 e. The van der Waals surface area contributed by atoms with Crippen molar-refractivity contribution in [1.82, 2.24) is 0 Å². The molecule has 0 aromatic carbocycles. The molecule has 0 amide bonds. The third-order valence-corrected chi connectivity index (χ3v) is 7.43. The Bertz CT molecular complexity index is 159. The Hall–Kier alpha value is 0.617. The molecule has 0 saturated heterocycles. The molecule has 0 heterocycles. The molecule has 0 bridgehead atoms. The van der Waals surface area contributed by atoms with E-state index in [0.29, 0.717) is 0 Å². The monoisotopic (exact) mass is 310 g/mol. The Balaban J connectivity index is 3.67. The van der Waals surface area contributed by atoms with E-state index in [-0.39, 0.29) is 0 Å². The minimum atomic E-state index is -2.01. The van der Waals surface area contributed by atoms with E-state index in [1.54, 1.807) is 0 Å². The zero-order chi connectivity index (χ0) is 12.4. The molecule has 0 unspecified atom stereocenters. The van der Waals surface area contributed by atoms with Crippen LogP contribution in [0.2, 0.25) is 6.04 Å². The third-order valence-electron chi connectivity index (χ3n) is 2.48. The number of hydrogen-bond acceptors (Lipinski definition) is 2. The van der Waals surface area contributed by atoms with Crippen molar-refractivity contribution in [3.63, 3.8) is 0 Å². The van der Waals surface area contributed by atoms with Gasteiger partial charge in [0.05, 0.1) is 0 Å². The Morgan fingerprint density at radius 1 is 1.00 bits per heavy atom. The first-order chi connectivity index (χ1) is 7.54. The molecule has 98 valence electrons. The van der Waals surface area contributed by atoms with E-state index in [4.69, 9.17) is 8.85 Å². The second-order valence-corrected chi connectivity index (χ2v) is 10.5. The van der Waals surface area contributed by atoms with Crippen molar-refractivity contribution in [2.45, 2.75) is 59.4 Å². The highest BCUT2D eigenvalue weighted by atomic mass is 79.9. The molecule has 0 radical (unpaired) electrons. The Labute approximate surface area is 110 Å². The average molecular weight is 311 g/mol. The molecule has 0 aromatic rings. The fourth-order valence-corrected chi connectivity index (χ4v) is 5.80. The Morgan fingerprint density at radius 2 is 1.56 bits per heavy atom. The summed E-state index contributed by atoms with van der Waals surface area (Å²) in [5, 5.41) is 0. The van der Waals surface area contributed by atoms with Gasteiger partial charge in [-0.05, 0) is 19.8 Å². The van der Waals surface area contributed by atoms with Crippen molar-refractivity contribution in [1.29, 1.82) is 0 Å². The molecule has 0 rings (SSSR count). The van der Waals surface area contributed by atoms with E-state index in [1.807, 2.05) is 13.8 Å². The van der Waals surface area contributed by atoms with Gasteiger partial charge in [0.2, 0.25) is 0 Å². The normalized spacial score (nSPS) is 12.4. The molecule has 16 heavy (non-hydrogen) atoms. The van der Waals surface area contributed by atoms with Gasteiger partial charge >= 0.3 is 7.18 Å². The minimum absolute atomic E-state index is 0.740. The average Bonchev–Trinajstić information content (AvgIpc) is 2.17. The fraction of sp³-hybridized carbons (Fsp3) is 1.00. The van der Waals surface area contributed by atoms with Crippen molar-refractivity contribution in [2.24, 2.45) is 5.92 Å². The summed E-state index contributed by atoms with van der Waals surface area (Å²) >= 11 is 3.68. The SMILES string of the molecule is CCO[Si](Br)(CCCCCC(C)C)OCC. The van der Waals surface area contributed by atoms with Crippen LogP contribution in [0.5, 0.6) is 0 Å². The summed E-state index contributed by atoms with van der Waals surface area (Å²) in [6, 6.07) is 1.06. The van der Waals surface area contributed by atoms with Gasteiger partial charge in [-0.25, -0.2) is 0 Å². The first-order valence-electron chi connectivity index (χ1n) is 6.51. The van der Waals surface area contributed by atoms with Crippen LogP contribution in [0, 0.1) is 5.92 Å². The second-order valence-electron chi connectivity index (χ2n) is 4.52. The maximum atomic E-state index is 5.73. The quantitative estimate of drug-likeness (QED) is 0.333. The molecule has 0 spiro atoms. The van der Waals surface area contributed by atoms with Crippen LogP contribution in [-0.2, 0) is 8.85 Å². The van der Waals surface area contributed by atoms with Crippen LogP contribution in [0.15, 0.2) is 0 Å². The highest BCUT2D eigenvalue weighted by Crippen LogP contribution is 2.24. The summed E-state index contributed by atoms with van der Waals surface area (Å²) < 4.78 is 11.5. The van der Waals surface area contributed by atoms with Crippen molar-refractivity contribution in [3.05, 3.63) is 0 Å². The van der Waals surface area contributed by atoms with Crippen LogP contribution < -0.4 is 0 Å². The highest BCUT2D eigenvalue weighted by molar-refractivity contribution is 9.25. The molecule has 0 aromatic heterocycles. The van der Waals surface area contributed by atoms with Gasteiger partial charge in [-0.2, -0.15) is 0 Å². The molecule has 0 aliphatic carbocycles. The molecule has 0 saturated carbocycles. The summed E-state index contributed by atoms with van der Waals surface area (Å²) in [7, 11) is -2.01. The first kappa shape index (κ1) is 16.6. The summed E-state index contributed by atoms with van der Waals surface area (Å²) in [5.74, 6) is 0.824. The van der Waals surface area contributed by atoms with Crippen molar-refractivity contribution < 1.29 is 8.85 Å². The van der Waals surface area contributed by atoms with Gasteiger partial charge in [0, 0.05) is 19.3 Å². The van der Waals surface area contributed by atoms with E-state index < -0.39 is 7.18 Å². The maximum Gasteiger partial charge on any atom is 0.414 e. The molecule has 0 fully saturated rings. The van der Waals surface area contributed by atoms with Crippen molar-refractivity contribution in [2.75, 3.05) is 13.2 Å². The number of unbranched alkanes of at least 4 members (excludes halogenated alkanes) is 2. The van der Waals surface area contributed by atoms with E-state index in [2.05, 4.69) is 29.1 Å². The third kappa shape index (κ3) is 8.73.